The molecular formula is C18H15F2NO5. The highest BCUT2D eigenvalue weighted by Crippen LogP contribution is 2.33. The summed E-state index contributed by atoms with van der Waals surface area (Å²) in [5, 5.41) is 29.3. The molecule has 0 unspecified atom stereocenters. The summed E-state index contributed by atoms with van der Waals surface area (Å²) in [5.41, 5.74) is 0.0537. The van der Waals surface area contributed by atoms with E-state index in [0.29, 0.717) is 10.9 Å². The number of nitrogens with one attached hydrogen (secondary N) is 1. The van der Waals surface area contributed by atoms with Crippen LogP contribution in [0.5, 0.6) is 5.75 Å². The molecule has 4 N–H and O–H groups in total. The molecule has 8 heteroatoms. The number of pyridine rings is 1. The van der Waals surface area contributed by atoms with E-state index in [9.17, 15) is 28.9 Å². The summed E-state index contributed by atoms with van der Waals surface area (Å²) in [5.74, 6) is -2.96. The average molecular weight is 363 g/mol. The molecule has 0 radical (unpaired) electrons. The summed E-state index contributed by atoms with van der Waals surface area (Å²) in [6.45, 7) is -0.798. The Bertz CT molecular complexity index is 995. The third-order valence-corrected chi connectivity index (χ3v) is 3.83. The number of alkyl halides is 2. The molecule has 1 aromatic heterocycles. The Kier molecular flexibility index (Phi) is 4.73. The zero-order valence-corrected chi connectivity index (χ0v) is 13.3. The molecule has 136 valence electrons. The molecule has 0 atom stereocenters. The molecule has 0 amide bonds. The van der Waals surface area contributed by atoms with Crippen LogP contribution in [-0.4, -0.2) is 33.3 Å². The number of H-pyrrole nitrogens is 1. The topological polar surface area (TPSA) is 103 Å². The van der Waals surface area contributed by atoms with E-state index in [-0.39, 0.29) is 22.3 Å². The molecule has 0 aliphatic rings. The molecule has 6 nitrogen and oxygen atoms in total. The van der Waals surface area contributed by atoms with Crippen molar-refractivity contribution in [1.82, 2.24) is 4.98 Å². The van der Waals surface area contributed by atoms with Gasteiger partial charge in [0.2, 0.25) is 0 Å². The van der Waals surface area contributed by atoms with Crippen molar-refractivity contribution in [2.45, 2.75) is 12.4 Å². The number of rotatable bonds is 5. The van der Waals surface area contributed by atoms with Crippen LogP contribution >= 0.6 is 0 Å². The van der Waals surface area contributed by atoms with Crippen molar-refractivity contribution in [3.8, 4) is 16.9 Å². The highest BCUT2D eigenvalue weighted by Gasteiger charge is 2.26. The second kappa shape index (κ2) is 6.83. The Hall–Kier alpha value is -2.81. The Morgan fingerprint density at radius 1 is 1.04 bits per heavy atom. The molecule has 0 saturated heterocycles. The van der Waals surface area contributed by atoms with Crippen molar-refractivity contribution in [3.63, 3.8) is 0 Å². The van der Waals surface area contributed by atoms with Gasteiger partial charge in [-0.05, 0) is 29.1 Å². The fourth-order valence-electron chi connectivity index (χ4n) is 2.72. The fraction of sp³-hybridized carbons (Fsp3) is 0.167. The van der Waals surface area contributed by atoms with Gasteiger partial charge in [-0.1, -0.05) is 24.3 Å². The van der Waals surface area contributed by atoms with E-state index in [4.69, 9.17) is 4.74 Å². The normalized spacial score (nSPS) is 11.9. The van der Waals surface area contributed by atoms with Crippen LogP contribution in [0.15, 0.2) is 53.5 Å². The van der Waals surface area contributed by atoms with Crippen molar-refractivity contribution >= 4 is 10.8 Å². The summed E-state index contributed by atoms with van der Waals surface area (Å²) in [7, 11) is 0. The van der Waals surface area contributed by atoms with Crippen LogP contribution < -0.4 is 10.3 Å². The molecular weight excluding hydrogens is 348 g/mol. The fourth-order valence-corrected chi connectivity index (χ4v) is 2.72. The van der Waals surface area contributed by atoms with Crippen LogP contribution in [0.3, 0.4) is 0 Å². The maximum Gasteiger partial charge on any atom is 0.305 e. The molecule has 26 heavy (non-hydrogen) atoms. The van der Waals surface area contributed by atoms with E-state index in [1.165, 1.54) is 36.5 Å². The van der Waals surface area contributed by atoms with Gasteiger partial charge in [-0.25, -0.2) is 8.78 Å². The van der Waals surface area contributed by atoms with Gasteiger partial charge in [0.05, 0.1) is 5.39 Å². The van der Waals surface area contributed by atoms with Crippen LogP contribution in [0.2, 0.25) is 0 Å². The lowest BCUT2D eigenvalue weighted by Gasteiger charge is -2.19. The van der Waals surface area contributed by atoms with E-state index >= 15 is 0 Å². The van der Waals surface area contributed by atoms with Crippen molar-refractivity contribution in [2.24, 2.45) is 0 Å². The lowest BCUT2D eigenvalue weighted by atomic mass is 9.95. The van der Waals surface area contributed by atoms with Gasteiger partial charge in [0.1, 0.15) is 12.4 Å². The number of aromatic amines is 1. The zero-order chi connectivity index (χ0) is 18.9. The Morgan fingerprint density at radius 2 is 1.77 bits per heavy atom. The number of hydrogen-bond donors (Lipinski definition) is 4. The second-order valence-corrected chi connectivity index (χ2v) is 5.62. The van der Waals surface area contributed by atoms with Gasteiger partial charge >= 0.3 is 5.97 Å². The Labute approximate surface area is 145 Å². The monoisotopic (exact) mass is 363 g/mol. The van der Waals surface area contributed by atoms with Crippen LogP contribution in [-0.2, 0) is 5.97 Å². The van der Waals surface area contributed by atoms with Gasteiger partial charge in [0, 0.05) is 17.3 Å². The standard InChI is InChI=1S/C18H15F2NO5/c19-16(20)9-26-10-5-6-11-13(7-10)17(22)21-8-14(11)12-3-1-2-4-15(12)18(23,24)25/h1-8,16,23-25H,9H2,(H,21,22). The molecule has 1 heterocycles. The minimum absolute atomic E-state index is 0.106. The van der Waals surface area contributed by atoms with Gasteiger partial charge in [0.25, 0.3) is 12.0 Å². The first-order chi connectivity index (χ1) is 12.3. The molecule has 2 aromatic carbocycles. The minimum atomic E-state index is -3.07. The van der Waals surface area contributed by atoms with E-state index in [1.807, 2.05) is 0 Å². The summed E-state index contributed by atoms with van der Waals surface area (Å²) in [4.78, 5) is 14.6. The van der Waals surface area contributed by atoms with E-state index in [1.54, 1.807) is 12.1 Å². The molecule has 0 spiro atoms. The van der Waals surface area contributed by atoms with Crippen molar-refractivity contribution in [3.05, 3.63) is 64.6 Å². The quantitative estimate of drug-likeness (QED) is 0.519. The van der Waals surface area contributed by atoms with Crippen molar-refractivity contribution in [2.75, 3.05) is 6.61 Å². The summed E-state index contributed by atoms with van der Waals surface area (Å²) in [6, 6.07) is 10.3. The number of aliphatic hydroxyl groups is 3. The van der Waals surface area contributed by atoms with Gasteiger partial charge in [-0.15, -0.1) is 0 Å². The van der Waals surface area contributed by atoms with Gasteiger partial charge in [0.15, 0.2) is 0 Å². The predicted octanol–water partition coefficient (Wildman–Crippen LogP) is 1.93. The number of hydrogen-bond acceptors (Lipinski definition) is 5. The lowest BCUT2D eigenvalue weighted by molar-refractivity contribution is -0.323. The predicted molar refractivity (Wildman–Crippen MR) is 89.8 cm³/mol. The van der Waals surface area contributed by atoms with Gasteiger partial charge in [-0.2, -0.15) is 0 Å². The van der Waals surface area contributed by atoms with Gasteiger partial charge in [-0.3, -0.25) is 4.79 Å². The highest BCUT2D eigenvalue weighted by atomic mass is 19.3. The highest BCUT2D eigenvalue weighted by molar-refractivity contribution is 5.97. The van der Waals surface area contributed by atoms with E-state index in [2.05, 4.69) is 4.98 Å². The number of ether oxygens (including phenoxy) is 1. The molecule has 0 fully saturated rings. The molecule has 0 aliphatic heterocycles. The van der Waals surface area contributed by atoms with Crippen LogP contribution in [0.1, 0.15) is 5.56 Å². The largest absolute Gasteiger partial charge is 0.488 e. The Balaban J connectivity index is 2.18. The van der Waals surface area contributed by atoms with Crippen molar-refractivity contribution < 1.29 is 28.8 Å². The van der Waals surface area contributed by atoms with Crippen LogP contribution in [0, 0.1) is 0 Å². The lowest BCUT2D eigenvalue weighted by Crippen LogP contribution is -2.24. The summed E-state index contributed by atoms with van der Waals surface area (Å²) < 4.78 is 29.5. The third-order valence-electron chi connectivity index (χ3n) is 3.83. The summed E-state index contributed by atoms with van der Waals surface area (Å²) in [6.07, 6.45) is -1.27. The Morgan fingerprint density at radius 3 is 2.46 bits per heavy atom. The first kappa shape index (κ1) is 18.0. The van der Waals surface area contributed by atoms with E-state index < -0.39 is 24.6 Å². The SMILES string of the molecule is O=c1[nH]cc(-c2ccccc2C(O)(O)O)c2ccc(OCC(F)F)cc12. The third kappa shape index (κ3) is 3.57. The van der Waals surface area contributed by atoms with Crippen molar-refractivity contribution in [1.29, 1.82) is 0 Å². The number of benzene rings is 2. The number of aromatic nitrogens is 1. The average Bonchev–Trinajstić information content (AvgIpc) is 2.60. The molecule has 0 saturated carbocycles. The zero-order valence-electron chi connectivity index (χ0n) is 13.3. The first-order valence-corrected chi connectivity index (χ1v) is 7.61. The molecule has 3 rings (SSSR count). The minimum Gasteiger partial charge on any atom is -0.488 e. The maximum atomic E-state index is 12.3. The first-order valence-electron chi connectivity index (χ1n) is 7.61. The summed E-state index contributed by atoms with van der Waals surface area (Å²) >= 11 is 0. The smallest absolute Gasteiger partial charge is 0.305 e. The van der Waals surface area contributed by atoms with Gasteiger partial charge < -0.3 is 25.0 Å². The second-order valence-electron chi connectivity index (χ2n) is 5.62. The molecule has 3 aromatic rings. The number of halogens is 2. The molecule has 0 aliphatic carbocycles. The number of fused-ring (bicyclic) bond motifs is 1. The van der Waals surface area contributed by atoms with Crippen LogP contribution in [0.4, 0.5) is 8.78 Å². The van der Waals surface area contributed by atoms with E-state index in [0.717, 1.165) is 0 Å². The maximum absolute atomic E-state index is 12.3. The van der Waals surface area contributed by atoms with Crippen LogP contribution in [0.25, 0.3) is 21.9 Å². The molecule has 0 bridgehead atoms.